The highest BCUT2D eigenvalue weighted by Gasteiger charge is 2.38. The van der Waals surface area contributed by atoms with Gasteiger partial charge in [0.2, 0.25) is 17.8 Å². The maximum atomic E-state index is 13.0. The van der Waals surface area contributed by atoms with Gasteiger partial charge in [0.05, 0.1) is 25.3 Å². The van der Waals surface area contributed by atoms with Crippen LogP contribution in [0.1, 0.15) is 17.7 Å². The number of carbonyl (C=O) groups is 2. The highest BCUT2D eigenvalue weighted by molar-refractivity contribution is 6.00. The first-order chi connectivity index (χ1) is 13.0. The zero-order valence-electron chi connectivity index (χ0n) is 15.1. The molecule has 4 rings (SSSR count). The molecule has 3 heterocycles. The standard InChI is InChI=1S/C19H21N5O3/c1-27-15-4-2-14(3-5-15)24-10-13(8-17(24)25)18(26)23-7-6-12-9-21-19(20)22-16(12)11-23/h2-5,9,13H,6-8,10-11H2,1H3,(H2,20,21,22). The van der Waals surface area contributed by atoms with E-state index in [2.05, 4.69) is 9.97 Å². The molecule has 2 aliphatic heterocycles. The van der Waals surface area contributed by atoms with E-state index in [1.807, 2.05) is 24.3 Å². The predicted molar refractivity (Wildman–Crippen MR) is 99.0 cm³/mol. The van der Waals surface area contributed by atoms with E-state index in [9.17, 15) is 9.59 Å². The number of ether oxygens (including phenoxy) is 1. The number of methoxy groups -OCH3 is 1. The molecule has 1 fully saturated rings. The van der Waals surface area contributed by atoms with Crippen LogP contribution >= 0.6 is 0 Å². The molecule has 8 nitrogen and oxygen atoms in total. The average Bonchev–Trinajstić information content (AvgIpc) is 3.08. The SMILES string of the molecule is COc1ccc(N2CC(C(=O)N3CCc4cnc(N)nc4C3)CC2=O)cc1. The highest BCUT2D eigenvalue weighted by Crippen LogP contribution is 2.29. The van der Waals surface area contributed by atoms with Gasteiger partial charge >= 0.3 is 0 Å². The molecule has 2 amide bonds. The summed E-state index contributed by atoms with van der Waals surface area (Å²) in [6.07, 6.45) is 2.65. The van der Waals surface area contributed by atoms with Crippen molar-refractivity contribution in [2.24, 2.45) is 5.92 Å². The van der Waals surface area contributed by atoms with Crippen LogP contribution in [0, 0.1) is 5.92 Å². The van der Waals surface area contributed by atoms with Gasteiger partial charge in [0.25, 0.3) is 0 Å². The Morgan fingerprint density at radius 2 is 2.07 bits per heavy atom. The first kappa shape index (κ1) is 17.3. The van der Waals surface area contributed by atoms with Gasteiger partial charge in [-0.25, -0.2) is 9.97 Å². The van der Waals surface area contributed by atoms with Crippen molar-refractivity contribution >= 4 is 23.5 Å². The second-order valence-electron chi connectivity index (χ2n) is 6.81. The zero-order valence-corrected chi connectivity index (χ0v) is 15.1. The third-order valence-corrected chi connectivity index (χ3v) is 5.13. The Morgan fingerprint density at radius 1 is 1.30 bits per heavy atom. The fourth-order valence-electron chi connectivity index (χ4n) is 3.65. The van der Waals surface area contributed by atoms with Crippen LogP contribution in [0.3, 0.4) is 0 Å². The zero-order chi connectivity index (χ0) is 19.0. The number of hydrogen-bond acceptors (Lipinski definition) is 6. The number of anilines is 2. The molecule has 1 unspecified atom stereocenters. The summed E-state index contributed by atoms with van der Waals surface area (Å²) in [6.45, 7) is 1.40. The topological polar surface area (TPSA) is 102 Å². The van der Waals surface area contributed by atoms with Crippen molar-refractivity contribution in [1.82, 2.24) is 14.9 Å². The van der Waals surface area contributed by atoms with E-state index in [4.69, 9.17) is 10.5 Å². The molecule has 0 bridgehead atoms. The third kappa shape index (κ3) is 3.30. The summed E-state index contributed by atoms with van der Waals surface area (Å²) < 4.78 is 5.15. The lowest BCUT2D eigenvalue weighted by atomic mass is 10.0. The minimum atomic E-state index is -0.347. The van der Waals surface area contributed by atoms with Crippen LogP contribution in [0.15, 0.2) is 30.5 Å². The van der Waals surface area contributed by atoms with E-state index in [-0.39, 0.29) is 30.1 Å². The molecule has 0 aliphatic carbocycles. The number of fused-ring (bicyclic) bond motifs is 1. The Labute approximate surface area is 156 Å². The molecule has 27 heavy (non-hydrogen) atoms. The number of amides is 2. The molecule has 1 atom stereocenters. The Morgan fingerprint density at radius 3 is 2.81 bits per heavy atom. The summed E-state index contributed by atoms with van der Waals surface area (Å²) >= 11 is 0. The minimum Gasteiger partial charge on any atom is -0.497 e. The van der Waals surface area contributed by atoms with Gasteiger partial charge in [-0.3, -0.25) is 9.59 Å². The van der Waals surface area contributed by atoms with E-state index < -0.39 is 0 Å². The van der Waals surface area contributed by atoms with Crippen LogP contribution in [-0.4, -0.2) is 46.9 Å². The second-order valence-corrected chi connectivity index (χ2v) is 6.81. The fraction of sp³-hybridized carbons (Fsp3) is 0.368. The van der Waals surface area contributed by atoms with Gasteiger partial charge in [0, 0.05) is 31.4 Å². The van der Waals surface area contributed by atoms with Crippen molar-refractivity contribution in [3.05, 3.63) is 41.7 Å². The Balaban J connectivity index is 1.46. The second kappa shape index (κ2) is 6.86. The lowest BCUT2D eigenvalue weighted by molar-refractivity contribution is -0.136. The summed E-state index contributed by atoms with van der Waals surface area (Å²) in [6, 6.07) is 7.29. The number of carbonyl (C=O) groups excluding carboxylic acids is 2. The Hall–Kier alpha value is -3.16. The molecule has 0 radical (unpaired) electrons. The van der Waals surface area contributed by atoms with E-state index in [0.717, 1.165) is 22.7 Å². The molecule has 2 aromatic rings. The first-order valence-electron chi connectivity index (χ1n) is 8.88. The van der Waals surface area contributed by atoms with Crippen molar-refractivity contribution in [3.63, 3.8) is 0 Å². The van der Waals surface area contributed by atoms with Crippen LogP contribution in [0.5, 0.6) is 5.75 Å². The smallest absolute Gasteiger partial charge is 0.228 e. The summed E-state index contributed by atoms with van der Waals surface area (Å²) in [5.74, 6) is 0.543. The molecule has 140 valence electrons. The predicted octanol–water partition coefficient (Wildman–Crippen LogP) is 1.01. The molecular formula is C19H21N5O3. The molecule has 0 saturated carbocycles. The molecule has 1 aromatic heterocycles. The minimum absolute atomic E-state index is 0.0119. The van der Waals surface area contributed by atoms with E-state index in [1.54, 1.807) is 23.1 Å². The maximum Gasteiger partial charge on any atom is 0.228 e. The molecule has 0 spiro atoms. The third-order valence-electron chi connectivity index (χ3n) is 5.13. The van der Waals surface area contributed by atoms with Crippen molar-refractivity contribution in [2.75, 3.05) is 30.8 Å². The number of benzene rings is 1. The normalized spacial score (nSPS) is 19.1. The number of hydrogen-bond donors (Lipinski definition) is 1. The van der Waals surface area contributed by atoms with E-state index in [0.29, 0.717) is 26.1 Å². The van der Waals surface area contributed by atoms with Gasteiger partial charge in [-0.2, -0.15) is 0 Å². The maximum absolute atomic E-state index is 13.0. The van der Waals surface area contributed by atoms with Gasteiger partial charge in [0.1, 0.15) is 5.75 Å². The van der Waals surface area contributed by atoms with Crippen LogP contribution < -0.4 is 15.4 Å². The number of nitrogens with zero attached hydrogens (tertiary/aromatic N) is 4. The van der Waals surface area contributed by atoms with Crippen LogP contribution in [0.25, 0.3) is 0 Å². The molecule has 1 saturated heterocycles. The number of nitrogens with two attached hydrogens (primary N) is 1. The van der Waals surface area contributed by atoms with Crippen molar-refractivity contribution in [2.45, 2.75) is 19.4 Å². The largest absolute Gasteiger partial charge is 0.497 e. The highest BCUT2D eigenvalue weighted by atomic mass is 16.5. The summed E-state index contributed by atoms with van der Waals surface area (Å²) in [5, 5.41) is 0. The first-order valence-corrected chi connectivity index (χ1v) is 8.88. The monoisotopic (exact) mass is 367 g/mol. The molecule has 2 aliphatic rings. The summed E-state index contributed by atoms with van der Waals surface area (Å²) in [4.78, 5) is 37.1. The van der Waals surface area contributed by atoms with Gasteiger partial charge in [-0.15, -0.1) is 0 Å². The van der Waals surface area contributed by atoms with E-state index >= 15 is 0 Å². The fourth-order valence-corrected chi connectivity index (χ4v) is 3.65. The van der Waals surface area contributed by atoms with Gasteiger partial charge in [0.15, 0.2) is 0 Å². The van der Waals surface area contributed by atoms with Crippen LogP contribution in [-0.2, 0) is 22.6 Å². The quantitative estimate of drug-likeness (QED) is 0.869. The van der Waals surface area contributed by atoms with Crippen LogP contribution in [0.2, 0.25) is 0 Å². The van der Waals surface area contributed by atoms with E-state index in [1.165, 1.54) is 0 Å². The molecule has 8 heteroatoms. The lowest BCUT2D eigenvalue weighted by Crippen LogP contribution is -2.41. The van der Waals surface area contributed by atoms with Crippen molar-refractivity contribution in [1.29, 1.82) is 0 Å². The van der Waals surface area contributed by atoms with Gasteiger partial charge < -0.3 is 20.3 Å². The Bertz CT molecular complexity index is 883. The lowest BCUT2D eigenvalue weighted by Gasteiger charge is -2.30. The number of aromatic nitrogens is 2. The van der Waals surface area contributed by atoms with Crippen LogP contribution in [0.4, 0.5) is 11.6 Å². The number of rotatable bonds is 3. The van der Waals surface area contributed by atoms with Crippen molar-refractivity contribution in [3.8, 4) is 5.75 Å². The number of nitrogen functional groups attached to an aromatic ring is 1. The molecule has 2 N–H and O–H groups in total. The van der Waals surface area contributed by atoms with Crippen molar-refractivity contribution < 1.29 is 14.3 Å². The van der Waals surface area contributed by atoms with Gasteiger partial charge in [-0.05, 0) is 36.2 Å². The molecular weight excluding hydrogens is 346 g/mol. The Kier molecular flexibility index (Phi) is 4.39. The molecule has 1 aromatic carbocycles. The average molecular weight is 367 g/mol. The van der Waals surface area contributed by atoms with Gasteiger partial charge in [-0.1, -0.05) is 0 Å². The summed E-state index contributed by atoms with van der Waals surface area (Å²) in [7, 11) is 1.60. The summed E-state index contributed by atoms with van der Waals surface area (Å²) in [5.41, 5.74) is 8.25.